The minimum Gasteiger partial charge on any atom is -0.466 e. The molecule has 1 saturated heterocycles. The van der Waals surface area contributed by atoms with Gasteiger partial charge in [-0.2, -0.15) is 0 Å². The van der Waals surface area contributed by atoms with Crippen molar-refractivity contribution in [3.8, 4) is 0 Å². The zero-order valence-electron chi connectivity index (χ0n) is 13.4. The first kappa shape index (κ1) is 19.1. The number of rotatable bonds is 7. The van der Waals surface area contributed by atoms with Crippen molar-refractivity contribution < 1.29 is 33.7 Å². The second kappa shape index (κ2) is 9.26. The van der Waals surface area contributed by atoms with E-state index < -0.39 is 24.0 Å². The molecule has 23 heavy (non-hydrogen) atoms. The Morgan fingerprint density at radius 1 is 1.22 bits per heavy atom. The van der Waals surface area contributed by atoms with Gasteiger partial charge in [-0.25, -0.2) is 9.59 Å². The molecule has 0 saturated carbocycles. The van der Waals surface area contributed by atoms with Gasteiger partial charge in [-0.1, -0.05) is 6.92 Å². The van der Waals surface area contributed by atoms with Crippen molar-refractivity contribution in [2.75, 3.05) is 46.6 Å². The number of hydrogen-bond donors (Lipinski definition) is 1. The number of hydrogen-bond acceptors (Lipinski definition) is 7. The lowest BCUT2D eigenvalue weighted by atomic mass is 9.85. The molecular formula is C15H23NO7. The summed E-state index contributed by atoms with van der Waals surface area (Å²) in [5.41, 5.74) is -1.19. The molecule has 0 aliphatic carbocycles. The van der Waals surface area contributed by atoms with Gasteiger partial charge in [0, 0.05) is 25.2 Å². The fraction of sp³-hybridized carbons (Fsp3) is 0.667. The molecule has 1 aliphatic rings. The van der Waals surface area contributed by atoms with Crippen LogP contribution < -0.4 is 0 Å². The summed E-state index contributed by atoms with van der Waals surface area (Å²) < 4.78 is 14.6. The van der Waals surface area contributed by atoms with E-state index in [-0.39, 0.29) is 12.5 Å². The molecule has 1 heterocycles. The maximum Gasteiger partial charge on any atom is 0.331 e. The monoisotopic (exact) mass is 329 g/mol. The van der Waals surface area contributed by atoms with Crippen molar-refractivity contribution in [1.82, 2.24) is 4.90 Å². The SMILES string of the molecule is CCC(CO)(COC(=O)/C=C/C(=O)OC)C(=O)N1CCOCC1. The molecule has 0 bridgehead atoms. The molecule has 1 amide bonds. The van der Waals surface area contributed by atoms with E-state index in [0.717, 1.165) is 12.2 Å². The van der Waals surface area contributed by atoms with Crippen LogP contribution in [0.2, 0.25) is 0 Å². The van der Waals surface area contributed by atoms with Crippen LogP contribution in [0.15, 0.2) is 12.2 Å². The molecule has 0 aromatic heterocycles. The van der Waals surface area contributed by atoms with Gasteiger partial charge in [0.1, 0.15) is 12.0 Å². The van der Waals surface area contributed by atoms with Gasteiger partial charge in [0.15, 0.2) is 0 Å². The fourth-order valence-electron chi connectivity index (χ4n) is 2.10. The third-order valence-electron chi connectivity index (χ3n) is 3.78. The molecule has 1 N–H and O–H groups in total. The number of ether oxygens (including phenoxy) is 3. The Morgan fingerprint density at radius 2 is 1.83 bits per heavy atom. The average molecular weight is 329 g/mol. The summed E-state index contributed by atoms with van der Waals surface area (Å²) in [6.07, 6.45) is 2.16. The molecule has 0 aromatic carbocycles. The molecular weight excluding hydrogens is 306 g/mol. The van der Waals surface area contributed by atoms with Crippen LogP contribution in [0, 0.1) is 5.41 Å². The third-order valence-corrected chi connectivity index (χ3v) is 3.78. The van der Waals surface area contributed by atoms with E-state index in [9.17, 15) is 19.5 Å². The van der Waals surface area contributed by atoms with E-state index >= 15 is 0 Å². The summed E-state index contributed by atoms with van der Waals surface area (Å²) in [5.74, 6) is -1.73. The predicted octanol–water partition coefficient (Wildman–Crippen LogP) is -0.494. The van der Waals surface area contributed by atoms with Gasteiger partial charge in [-0.15, -0.1) is 0 Å². The molecule has 0 radical (unpaired) electrons. The maximum absolute atomic E-state index is 12.6. The zero-order valence-corrected chi connectivity index (χ0v) is 13.4. The highest BCUT2D eigenvalue weighted by Crippen LogP contribution is 2.26. The molecule has 8 nitrogen and oxygen atoms in total. The molecule has 1 atom stereocenters. The molecule has 1 fully saturated rings. The summed E-state index contributed by atoms with van der Waals surface area (Å²) in [6.45, 7) is 2.81. The number of carbonyl (C=O) groups excluding carboxylic acids is 3. The summed E-state index contributed by atoms with van der Waals surface area (Å²) >= 11 is 0. The summed E-state index contributed by atoms with van der Waals surface area (Å²) in [4.78, 5) is 36.7. The summed E-state index contributed by atoms with van der Waals surface area (Å²) in [6, 6.07) is 0. The highest BCUT2D eigenvalue weighted by molar-refractivity contribution is 5.92. The Hall–Kier alpha value is -1.93. The summed E-state index contributed by atoms with van der Waals surface area (Å²) in [5, 5.41) is 9.68. The van der Waals surface area contributed by atoms with Crippen molar-refractivity contribution in [3.63, 3.8) is 0 Å². The molecule has 1 unspecified atom stereocenters. The number of amides is 1. The van der Waals surface area contributed by atoms with Gasteiger partial charge in [-0.3, -0.25) is 4.79 Å². The molecule has 130 valence electrons. The number of esters is 2. The van der Waals surface area contributed by atoms with Crippen LogP contribution in [0.25, 0.3) is 0 Å². The predicted molar refractivity (Wildman–Crippen MR) is 79.3 cm³/mol. The number of carbonyl (C=O) groups is 3. The van der Waals surface area contributed by atoms with E-state index in [1.807, 2.05) is 0 Å². The first-order valence-corrected chi connectivity index (χ1v) is 7.40. The van der Waals surface area contributed by atoms with Gasteiger partial charge in [-0.05, 0) is 6.42 Å². The minimum atomic E-state index is -1.19. The maximum atomic E-state index is 12.6. The number of morpholine rings is 1. The van der Waals surface area contributed by atoms with Crippen LogP contribution in [0.4, 0.5) is 0 Å². The number of methoxy groups -OCH3 is 1. The van der Waals surface area contributed by atoms with Crippen molar-refractivity contribution >= 4 is 17.8 Å². The standard InChI is InChI=1S/C15H23NO7/c1-3-15(10-17,14(20)16-6-8-22-9-7-16)11-23-13(19)5-4-12(18)21-2/h4-5,17H,3,6-11H2,1-2H3/b5-4+. The Kier molecular flexibility index (Phi) is 7.70. The Bertz CT molecular complexity index is 451. The third kappa shape index (κ3) is 5.33. The van der Waals surface area contributed by atoms with Crippen molar-refractivity contribution in [3.05, 3.63) is 12.2 Å². The fourth-order valence-corrected chi connectivity index (χ4v) is 2.10. The van der Waals surface area contributed by atoms with Gasteiger partial charge >= 0.3 is 11.9 Å². The molecule has 8 heteroatoms. The smallest absolute Gasteiger partial charge is 0.331 e. The normalized spacial score (nSPS) is 17.6. The quantitative estimate of drug-likeness (QED) is 0.496. The van der Waals surface area contributed by atoms with Crippen molar-refractivity contribution in [2.24, 2.45) is 5.41 Å². The molecule has 0 spiro atoms. The lowest BCUT2D eigenvalue weighted by Crippen LogP contribution is -2.52. The highest BCUT2D eigenvalue weighted by Gasteiger charge is 2.41. The number of aliphatic hydroxyl groups excluding tert-OH is 1. The molecule has 1 aliphatic heterocycles. The van der Waals surface area contributed by atoms with Crippen molar-refractivity contribution in [1.29, 1.82) is 0 Å². The lowest BCUT2D eigenvalue weighted by Gasteiger charge is -2.36. The number of aliphatic hydroxyl groups is 1. The van der Waals surface area contributed by atoms with E-state index in [0.29, 0.717) is 32.7 Å². The van der Waals surface area contributed by atoms with E-state index in [1.54, 1.807) is 11.8 Å². The van der Waals surface area contributed by atoms with Gasteiger partial charge in [0.25, 0.3) is 0 Å². The Balaban J connectivity index is 2.68. The van der Waals surface area contributed by atoms with Crippen LogP contribution in [0.5, 0.6) is 0 Å². The highest BCUT2D eigenvalue weighted by atomic mass is 16.5. The minimum absolute atomic E-state index is 0.263. The van der Waals surface area contributed by atoms with Gasteiger partial charge < -0.3 is 24.2 Å². The van der Waals surface area contributed by atoms with Gasteiger partial charge in [0.05, 0.1) is 26.9 Å². The molecule has 0 aromatic rings. The second-order valence-corrected chi connectivity index (χ2v) is 5.16. The van der Waals surface area contributed by atoms with Crippen LogP contribution in [-0.2, 0) is 28.6 Å². The van der Waals surface area contributed by atoms with Crippen LogP contribution in [0.1, 0.15) is 13.3 Å². The van der Waals surface area contributed by atoms with Crippen LogP contribution >= 0.6 is 0 Å². The molecule has 1 rings (SSSR count). The first-order valence-electron chi connectivity index (χ1n) is 7.40. The average Bonchev–Trinajstić information content (AvgIpc) is 2.61. The van der Waals surface area contributed by atoms with Crippen LogP contribution in [0.3, 0.4) is 0 Å². The number of nitrogens with zero attached hydrogens (tertiary/aromatic N) is 1. The van der Waals surface area contributed by atoms with E-state index in [4.69, 9.17) is 9.47 Å². The van der Waals surface area contributed by atoms with E-state index in [2.05, 4.69) is 4.74 Å². The lowest BCUT2D eigenvalue weighted by molar-refractivity contribution is -0.158. The largest absolute Gasteiger partial charge is 0.466 e. The Labute approximate surface area is 135 Å². The topological polar surface area (TPSA) is 102 Å². The van der Waals surface area contributed by atoms with Crippen molar-refractivity contribution in [2.45, 2.75) is 13.3 Å². The first-order chi connectivity index (χ1) is 11.0. The summed E-state index contributed by atoms with van der Waals surface area (Å²) in [7, 11) is 1.19. The van der Waals surface area contributed by atoms with Crippen LogP contribution in [-0.4, -0.2) is 74.5 Å². The second-order valence-electron chi connectivity index (χ2n) is 5.16. The van der Waals surface area contributed by atoms with E-state index in [1.165, 1.54) is 7.11 Å². The zero-order chi connectivity index (χ0) is 17.3. The van der Waals surface area contributed by atoms with Gasteiger partial charge in [0.2, 0.25) is 5.91 Å². The Morgan fingerprint density at radius 3 is 2.35 bits per heavy atom.